The summed E-state index contributed by atoms with van der Waals surface area (Å²) in [5.41, 5.74) is 4.87. The maximum absolute atomic E-state index is 4.47. The minimum atomic E-state index is 0.811. The average Bonchev–Trinajstić information content (AvgIpc) is 2.99. The summed E-state index contributed by atoms with van der Waals surface area (Å²) < 4.78 is 0. The molecule has 0 radical (unpaired) electrons. The molecule has 5 nitrogen and oxygen atoms in total. The van der Waals surface area contributed by atoms with Crippen LogP contribution in [0, 0.1) is 0 Å². The van der Waals surface area contributed by atoms with Crippen LogP contribution in [-0.2, 0) is 0 Å². The predicted molar refractivity (Wildman–Crippen MR) is 156 cm³/mol. The van der Waals surface area contributed by atoms with Crippen molar-refractivity contribution in [2.24, 2.45) is 0 Å². The number of benzene rings is 3. The molecule has 5 aromatic heterocycles. The Bertz CT molecular complexity index is 1620. The molecule has 0 amide bonds. The molecule has 0 atom stereocenters. The van der Waals surface area contributed by atoms with E-state index in [1.165, 1.54) is 5.39 Å². The third-order valence-corrected chi connectivity index (χ3v) is 6.13. The maximum Gasteiger partial charge on any atom is 0.159 e. The number of nitrogens with zero attached hydrogens (tertiary/aromatic N) is 5. The number of hydrogen-bond acceptors (Lipinski definition) is 5. The second-order valence-corrected chi connectivity index (χ2v) is 8.67. The summed E-state index contributed by atoms with van der Waals surface area (Å²) in [6, 6.07) is 38.4. The first-order valence-electron chi connectivity index (χ1n) is 12.3. The van der Waals surface area contributed by atoms with Crippen LogP contribution in [0.25, 0.3) is 54.6 Å². The quantitative estimate of drug-likeness (QED) is 0.203. The van der Waals surface area contributed by atoms with Gasteiger partial charge >= 0.3 is 0 Å². The fourth-order valence-corrected chi connectivity index (χ4v) is 4.27. The van der Waals surface area contributed by atoms with Crippen molar-refractivity contribution in [1.82, 2.24) is 24.9 Å². The van der Waals surface area contributed by atoms with E-state index in [4.69, 9.17) is 0 Å². The molecule has 0 bridgehead atoms. The lowest BCUT2D eigenvalue weighted by Gasteiger charge is -1.99. The Hall–Kier alpha value is -5.29. The summed E-state index contributed by atoms with van der Waals surface area (Å²) in [5.74, 6) is 0. The van der Waals surface area contributed by atoms with Gasteiger partial charge in [0.2, 0.25) is 0 Å². The summed E-state index contributed by atoms with van der Waals surface area (Å²) in [4.78, 5) is 21.5. The molecule has 180 valence electrons. The number of hydrogen-bond donors (Lipinski definition) is 0. The van der Waals surface area contributed by atoms with Gasteiger partial charge in [0.1, 0.15) is 0 Å². The van der Waals surface area contributed by atoms with Gasteiger partial charge in [-0.15, -0.1) is 0 Å². The van der Waals surface area contributed by atoms with E-state index in [2.05, 4.69) is 67.4 Å². The first-order chi connectivity index (χ1) is 18.8. The van der Waals surface area contributed by atoms with Gasteiger partial charge in [-0.25, -0.2) is 9.97 Å². The SMILES string of the molecule is c1ccc2nc3ncccc3cc2c1.c1ccc2ncccc2c1.c1cnc2cc3ncccc3cc2c1. The van der Waals surface area contributed by atoms with Gasteiger partial charge in [-0.1, -0.05) is 54.6 Å². The Kier molecular flexibility index (Phi) is 6.55. The third kappa shape index (κ3) is 5.13. The third-order valence-electron chi connectivity index (χ3n) is 6.13. The highest BCUT2D eigenvalue weighted by Crippen LogP contribution is 2.19. The minimum Gasteiger partial charge on any atom is -0.256 e. The molecular weight excluding hydrogens is 466 g/mol. The zero-order valence-corrected chi connectivity index (χ0v) is 20.5. The van der Waals surface area contributed by atoms with Gasteiger partial charge in [-0.05, 0) is 60.7 Å². The largest absolute Gasteiger partial charge is 0.256 e. The van der Waals surface area contributed by atoms with Crippen molar-refractivity contribution < 1.29 is 0 Å². The van der Waals surface area contributed by atoms with E-state index >= 15 is 0 Å². The van der Waals surface area contributed by atoms with Gasteiger partial charge in [0, 0.05) is 51.7 Å². The molecule has 0 spiro atoms. The van der Waals surface area contributed by atoms with E-state index in [0.717, 1.165) is 49.3 Å². The van der Waals surface area contributed by atoms with Crippen LogP contribution in [0.15, 0.2) is 140 Å². The number of aromatic nitrogens is 5. The van der Waals surface area contributed by atoms with Crippen LogP contribution in [0.2, 0.25) is 0 Å². The lowest BCUT2D eigenvalue weighted by molar-refractivity contribution is 1.33. The molecular formula is C33H23N5. The van der Waals surface area contributed by atoms with E-state index in [9.17, 15) is 0 Å². The molecule has 8 aromatic rings. The molecule has 0 aliphatic carbocycles. The molecule has 38 heavy (non-hydrogen) atoms. The van der Waals surface area contributed by atoms with Crippen molar-refractivity contribution in [3.05, 3.63) is 140 Å². The van der Waals surface area contributed by atoms with Crippen molar-refractivity contribution in [3.63, 3.8) is 0 Å². The normalized spacial score (nSPS) is 10.6. The van der Waals surface area contributed by atoms with Gasteiger partial charge in [-0.3, -0.25) is 15.0 Å². The van der Waals surface area contributed by atoms with E-state index in [1.54, 1.807) is 18.6 Å². The summed E-state index contributed by atoms with van der Waals surface area (Å²) in [7, 11) is 0. The summed E-state index contributed by atoms with van der Waals surface area (Å²) >= 11 is 0. The zero-order valence-electron chi connectivity index (χ0n) is 20.5. The molecule has 0 unspecified atom stereocenters. The minimum absolute atomic E-state index is 0.811. The predicted octanol–water partition coefficient (Wildman–Crippen LogP) is 7.80. The van der Waals surface area contributed by atoms with Crippen molar-refractivity contribution >= 4 is 54.6 Å². The average molecular weight is 490 g/mol. The second-order valence-electron chi connectivity index (χ2n) is 8.67. The van der Waals surface area contributed by atoms with Crippen LogP contribution in [0.5, 0.6) is 0 Å². The molecule has 0 aliphatic rings. The van der Waals surface area contributed by atoms with Crippen LogP contribution < -0.4 is 0 Å². The van der Waals surface area contributed by atoms with Crippen LogP contribution in [0.1, 0.15) is 0 Å². The van der Waals surface area contributed by atoms with Crippen LogP contribution in [-0.4, -0.2) is 24.9 Å². The Morgan fingerprint density at radius 3 is 1.45 bits per heavy atom. The number of para-hydroxylation sites is 2. The van der Waals surface area contributed by atoms with Gasteiger partial charge < -0.3 is 0 Å². The smallest absolute Gasteiger partial charge is 0.159 e. The highest BCUT2D eigenvalue weighted by atomic mass is 14.8. The molecule has 0 aliphatic heterocycles. The van der Waals surface area contributed by atoms with Crippen LogP contribution >= 0.6 is 0 Å². The highest BCUT2D eigenvalue weighted by molar-refractivity contribution is 5.94. The lowest BCUT2D eigenvalue weighted by atomic mass is 10.1. The first-order valence-corrected chi connectivity index (χ1v) is 12.3. The topological polar surface area (TPSA) is 64.5 Å². The number of pyridine rings is 5. The van der Waals surface area contributed by atoms with E-state index in [-0.39, 0.29) is 0 Å². The Balaban J connectivity index is 0.000000106. The second kappa shape index (κ2) is 10.8. The van der Waals surface area contributed by atoms with Gasteiger partial charge in [0.15, 0.2) is 5.65 Å². The lowest BCUT2D eigenvalue weighted by Crippen LogP contribution is -1.84. The standard InChI is InChI=1S/2C12H8N2.C9H7N/c1-3-9-7-10-4-2-6-14-12(10)8-11(9)13-5-1;1-2-6-11-9(4-1)8-10-5-3-7-13-12(10)14-11;1-2-6-9-8(4-1)5-3-7-10-9/h2*1-8H;1-7H. The zero-order chi connectivity index (χ0) is 25.6. The molecule has 0 N–H and O–H groups in total. The van der Waals surface area contributed by atoms with Crippen molar-refractivity contribution in [2.45, 2.75) is 0 Å². The molecule has 8 rings (SSSR count). The summed E-state index contributed by atoms with van der Waals surface area (Å²) in [6.07, 6.45) is 7.18. The highest BCUT2D eigenvalue weighted by Gasteiger charge is 1.99. The van der Waals surface area contributed by atoms with Crippen LogP contribution in [0.4, 0.5) is 0 Å². The Morgan fingerprint density at radius 1 is 0.316 bits per heavy atom. The van der Waals surface area contributed by atoms with Crippen molar-refractivity contribution in [3.8, 4) is 0 Å². The fourth-order valence-electron chi connectivity index (χ4n) is 4.27. The van der Waals surface area contributed by atoms with Gasteiger partial charge in [0.25, 0.3) is 0 Å². The Morgan fingerprint density at radius 2 is 0.763 bits per heavy atom. The van der Waals surface area contributed by atoms with Crippen molar-refractivity contribution in [2.75, 3.05) is 0 Å². The van der Waals surface area contributed by atoms with E-state index in [0.29, 0.717) is 0 Å². The first kappa shape index (κ1) is 23.1. The fraction of sp³-hybridized carbons (Fsp3) is 0. The van der Waals surface area contributed by atoms with E-state index in [1.807, 2.05) is 79.0 Å². The monoisotopic (exact) mass is 489 g/mol. The molecule has 5 heterocycles. The van der Waals surface area contributed by atoms with Crippen LogP contribution in [0.3, 0.4) is 0 Å². The summed E-state index contributed by atoms with van der Waals surface area (Å²) in [5, 5.41) is 5.77. The summed E-state index contributed by atoms with van der Waals surface area (Å²) in [6.45, 7) is 0. The van der Waals surface area contributed by atoms with Gasteiger partial charge in [-0.2, -0.15) is 0 Å². The van der Waals surface area contributed by atoms with Crippen molar-refractivity contribution in [1.29, 1.82) is 0 Å². The number of rotatable bonds is 0. The molecule has 3 aromatic carbocycles. The van der Waals surface area contributed by atoms with Gasteiger partial charge in [0.05, 0.1) is 22.1 Å². The Labute approximate surface area is 219 Å². The molecule has 0 saturated heterocycles. The number of fused-ring (bicyclic) bond motifs is 5. The molecule has 5 heteroatoms. The van der Waals surface area contributed by atoms with E-state index < -0.39 is 0 Å². The maximum atomic E-state index is 4.47. The molecule has 0 saturated carbocycles. The molecule has 0 fully saturated rings.